The number of hydrogen-bond donors (Lipinski definition) is 3. The first-order valence-corrected chi connectivity index (χ1v) is 14.5. The third-order valence-corrected chi connectivity index (χ3v) is 6.43. The number of unbranched alkanes of at least 4 members (excludes halogenated alkanes) is 14. The molecule has 0 aromatic rings. The van der Waals surface area contributed by atoms with Crippen LogP contribution in [0.2, 0.25) is 0 Å². The van der Waals surface area contributed by atoms with Crippen LogP contribution < -0.4 is 29.6 Å². The molecule has 3 atom stereocenters. The number of ether oxygens (including phenoxy) is 1. The summed E-state index contributed by atoms with van der Waals surface area (Å²) >= 11 is 0. The summed E-state index contributed by atoms with van der Waals surface area (Å²) in [6.45, 7) is 7.68. The van der Waals surface area contributed by atoms with Crippen molar-refractivity contribution in [2.24, 2.45) is 5.92 Å². The zero-order chi connectivity index (χ0) is 26.7. The van der Waals surface area contributed by atoms with E-state index in [1.807, 2.05) is 13.8 Å². The fourth-order valence-electron chi connectivity index (χ4n) is 3.94. The molecule has 3 N–H and O–H groups in total. The Morgan fingerprint density at radius 2 is 1.14 bits per heavy atom. The van der Waals surface area contributed by atoms with Crippen LogP contribution in [0.25, 0.3) is 0 Å². The first-order valence-electron chi connectivity index (χ1n) is 14.5. The van der Waals surface area contributed by atoms with Crippen molar-refractivity contribution < 1.29 is 60.6 Å². The molecule has 7 heteroatoms. The van der Waals surface area contributed by atoms with E-state index in [1.165, 1.54) is 84.0 Å². The van der Waals surface area contributed by atoms with Gasteiger partial charge in [0.1, 0.15) is 6.10 Å². The Kier molecular flexibility index (Phi) is 35.2. The molecule has 0 saturated heterocycles. The molecule has 0 bridgehead atoms. The monoisotopic (exact) mass is 526 g/mol. The predicted octanol–water partition coefficient (Wildman–Crippen LogP) is 3.98. The second kappa shape index (κ2) is 31.2. The van der Waals surface area contributed by atoms with E-state index in [1.54, 1.807) is 0 Å². The summed E-state index contributed by atoms with van der Waals surface area (Å²) in [7, 11) is 0. The Bertz CT molecular complexity index is 475. The predicted molar refractivity (Wildman–Crippen MR) is 145 cm³/mol. The summed E-state index contributed by atoms with van der Waals surface area (Å²) in [5.41, 5.74) is 0. The Hall–Kier alpha value is 0.0200. The number of rotatable bonds is 22. The van der Waals surface area contributed by atoms with Gasteiger partial charge < -0.3 is 21.5 Å². The molecule has 0 amide bonds. The zero-order valence-corrected chi connectivity index (χ0v) is 26.4. The smallest absolute Gasteiger partial charge is 1.00 e. The van der Waals surface area contributed by atoms with Gasteiger partial charge in [0.25, 0.3) is 0 Å². The Labute approximate surface area is 246 Å². The van der Waals surface area contributed by atoms with Crippen molar-refractivity contribution in [3.63, 3.8) is 0 Å². The van der Waals surface area contributed by atoms with Gasteiger partial charge in [-0.1, -0.05) is 117 Å². The maximum absolute atomic E-state index is 11.3. The summed E-state index contributed by atoms with van der Waals surface area (Å²) in [5, 5.41) is 27.1. The van der Waals surface area contributed by atoms with Crippen molar-refractivity contribution in [3.05, 3.63) is 0 Å². The Balaban J connectivity index is -0.000000385. The average molecular weight is 527 g/mol. The molecule has 0 aromatic carbocycles. The van der Waals surface area contributed by atoms with Crippen LogP contribution in [0.3, 0.4) is 0 Å². The van der Waals surface area contributed by atoms with E-state index in [2.05, 4.69) is 11.7 Å². The van der Waals surface area contributed by atoms with Crippen LogP contribution in [0.1, 0.15) is 151 Å². The number of aliphatic hydroxyl groups is 3. The van der Waals surface area contributed by atoms with Gasteiger partial charge in [-0.3, -0.25) is 4.79 Å². The fourth-order valence-corrected chi connectivity index (χ4v) is 3.94. The van der Waals surface area contributed by atoms with Crippen molar-refractivity contribution >= 4 is 11.9 Å². The van der Waals surface area contributed by atoms with Crippen molar-refractivity contribution in [2.45, 2.75) is 162 Å². The molecule has 0 aliphatic rings. The Morgan fingerprint density at radius 3 is 1.47 bits per heavy atom. The third kappa shape index (κ3) is 28.6. The Morgan fingerprint density at radius 1 is 0.722 bits per heavy atom. The van der Waals surface area contributed by atoms with Crippen molar-refractivity contribution in [1.29, 1.82) is 0 Å². The van der Waals surface area contributed by atoms with Gasteiger partial charge in [-0.25, -0.2) is 4.79 Å². The summed E-state index contributed by atoms with van der Waals surface area (Å²) in [6.07, 6.45) is 20.5. The van der Waals surface area contributed by atoms with Gasteiger partial charge in [0, 0.05) is 18.9 Å². The molecule has 0 saturated carbocycles. The minimum atomic E-state index is -1.23. The molecule has 0 heterocycles. The molecule has 3 unspecified atom stereocenters. The third-order valence-electron chi connectivity index (χ3n) is 6.43. The largest absolute Gasteiger partial charge is 1.00 e. The van der Waals surface area contributed by atoms with Crippen LogP contribution in [0, 0.1) is 5.92 Å². The minimum absolute atomic E-state index is 0. The summed E-state index contributed by atoms with van der Waals surface area (Å²) in [4.78, 5) is 22.4. The van der Waals surface area contributed by atoms with E-state index < -0.39 is 18.0 Å². The van der Waals surface area contributed by atoms with Crippen molar-refractivity contribution in [1.82, 2.24) is 0 Å². The molecule has 36 heavy (non-hydrogen) atoms. The number of hydrogen-bond acceptors (Lipinski definition) is 6. The first-order chi connectivity index (χ1) is 16.8. The zero-order valence-electron chi connectivity index (χ0n) is 25.4. The second-order valence-corrected chi connectivity index (χ2v) is 9.88. The van der Waals surface area contributed by atoms with Crippen LogP contribution in [0.15, 0.2) is 0 Å². The molecule has 0 fully saturated rings. The van der Waals surface area contributed by atoms with E-state index in [9.17, 15) is 14.7 Å². The average Bonchev–Trinajstić information content (AvgIpc) is 2.83. The van der Waals surface area contributed by atoms with Gasteiger partial charge in [-0.15, -0.1) is 0 Å². The molecule has 0 spiro atoms. The standard InChI is InChI=1S/C21H40O4.C8H18O2.Na.H/c1-3-4-5-6-7-8-9-10-11-12-13-14-15-16-17-18-20(23)25-21(24)19(2)22;1-3-5-8(10)7(4-2)6-9;;/h19,22H,3-18H2,1-2H3;7-10H,3-6H2,1-2H3;;/q;;+1;-1. The van der Waals surface area contributed by atoms with Gasteiger partial charge >= 0.3 is 41.5 Å². The second-order valence-electron chi connectivity index (χ2n) is 9.88. The summed E-state index contributed by atoms with van der Waals surface area (Å²) in [5.74, 6) is -1.30. The molecule has 0 aromatic heterocycles. The van der Waals surface area contributed by atoms with Crippen LogP contribution >= 0.6 is 0 Å². The van der Waals surface area contributed by atoms with Gasteiger partial charge in [0.15, 0.2) is 0 Å². The van der Waals surface area contributed by atoms with Gasteiger partial charge in [0.05, 0.1) is 6.10 Å². The maximum atomic E-state index is 11.3. The van der Waals surface area contributed by atoms with E-state index >= 15 is 0 Å². The molecule has 0 aliphatic carbocycles. The molecular formula is C29H59NaO6. The number of esters is 2. The van der Waals surface area contributed by atoms with E-state index in [0.717, 1.165) is 38.5 Å². The van der Waals surface area contributed by atoms with E-state index in [0.29, 0.717) is 0 Å². The van der Waals surface area contributed by atoms with Crippen molar-refractivity contribution in [3.8, 4) is 0 Å². The van der Waals surface area contributed by atoms with E-state index in [-0.39, 0.29) is 56.0 Å². The van der Waals surface area contributed by atoms with Crippen LogP contribution in [-0.4, -0.2) is 46.1 Å². The normalized spacial score (nSPS) is 13.1. The quantitative estimate of drug-likeness (QED) is 0.0853. The number of carbonyl (C=O) groups excluding carboxylic acids is 2. The number of carbonyl (C=O) groups is 2. The summed E-state index contributed by atoms with van der Waals surface area (Å²) in [6, 6.07) is 0. The van der Waals surface area contributed by atoms with Crippen LogP contribution in [0.5, 0.6) is 0 Å². The fraction of sp³-hybridized carbons (Fsp3) is 0.931. The molecule has 212 valence electrons. The topological polar surface area (TPSA) is 104 Å². The van der Waals surface area contributed by atoms with Gasteiger partial charge in [-0.05, 0) is 26.2 Å². The van der Waals surface area contributed by atoms with Crippen molar-refractivity contribution in [2.75, 3.05) is 6.61 Å². The molecule has 6 nitrogen and oxygen atoms in total. The molecular weight excluding hydrogens is 467 g/mol. The molecule has 0 rings (SSSR count). The first kappa shape index (κ1) is 40.5. The molecule has 0 aliphatic heterocycles. The van der Waals surface area contributed by atoms with Gasteiger partial charge in [0.2, 0.25) is 0 Å². The van der Waals surface area contributed by atoms with Crippen LogP contribution in [-0.2, 0) is 14.3 Å². The minimum Gasteiger partial charge on any atom is -1.00 e. The van der Waals surface area contributed by atoms with E-state index in [4.69, 9.17) is 10.2 Å². The van der Waals surface area contributed by atoms with Crippen LogP contribution in [0.4, 0.5) is 0 Å². The number of aliphatic hydroxyl groups excluding tert-OH is 3. The summed E-state index contributed by atoms with van der Waals surface area (Å²) < 4.78 is 4.50. The molecule has 0 radical (unpaired) electrons. The maximum Gasteiger partial charge on any atom is 1.00 e. The van der Waals surface area contributed by atoms with Gasteiger partial charge in [-0.2, -0.15) is 0 Å². The SMILES string of the molecule is CCCC(O)C(CC)CO.CCCCCCCCCCCCCCCCCC(=O)OC(=O)C(C)O.[H-].[Na+].